The average molecular weight is 411 g/mol. The van der Waals surface area contributed by atoms with Crippen LogP contribution in [0.15, 0.2) is 41.4 Å². The van der Waals surface area contributed by atoms with Crippen molar-refractivity contribution >= 4 is 15.9 Å². The van der Waals surface area contributed by atoms with E-state index in [1.807, 2.05) is 0 Å². The summed E-state index contributed by atoms with van der Waals surface area (Å²) < 4.78 is 53.8. The lowest BCUT2D eigenvalue weighted by atomic mass is 10.1. The fourth-order valence-corrected chi connectivity index (χ4v) is 3.73. The van der Waals surface area contributed by atoms with E-state index in [1.165, 1.54) is 45.6 Å². The van der Waals surface area contributed by atoms with E-state index < -0.39 is 31.4 Å². The Morgan fingerprint density at radius 3 is 2.04 bits per heavy atom. The van der Waals surface area contributed by atoms with Gasteiger partial charge in [-0.05, 0) is 17.7 Å². The molecule has 0 amide bonds. The molecule has 28 heavy (non-hydrogen) atoms. The summed E-state index contributed by atoms with van der Waals surface area (Å²) in [4.78, 5) is 10.5. The summed E-state index contributed by atoms with van der Waals surface area (Å²) in [5, 5.41) is 10.5. The molecule has 0 aliphatic rings. The molecule has 2 aromatic carbocycles. The van der Waals surface area contributed by atoms with Crippen molar-refractivity contribution in [3.8, 4) is 17.2 Å². The number of sulfone groups is 1. The number of halogens is 1. The lowest BCUT2D eigenvalue weighted by Crippen LogP contribution is -2.14. The number of hydrogen-bond acceptors (Lipinski definition) is 7. The first-order chi connectivity index (χ1) is 13.2. The highest BCUT2D eigenvalue weighted by Gasteiger charge is 2.31. The van der Waals surface area contributed by atoms with Gasteiger partial charge in [-0.15, -0.1) is 0 Å². The summed E-state index contributed by atoms with van der Waals surface area (Å²) in [6.07, 6.45) is 0.871. The van der Waals surface area contributed by atoms with Crippen molar-refractivity contribution in [3.05, 3.63) is 68.5 Å². The van der Waals surface area contributed by atoms with Gasteiger partial charge in [0.15, 0.2) is 0 Å². The molecule has 0 fully saturated rings. The third-order valence-electron chi connectivity index (χ3n) is 3.79. The maximum Gasteiger partial charge on any atom is 0.360 e. The molecule has 10 heteroatoms. The minimum Gasteiger partial charge on any atom is -0.496 e. The van der Waals surface area contributed by atoms with E-state index in [1.54, 1.807) is 0 Å². The summed E-state index contributed by atoms with van der Waals surface area (Å²) in [6.45, 7) is 0. The van der Waals surface area contributed by atoms with Gasteiger partial charge in [0.25, 0.3) is 0 Å². The molecule has 0 aliphatic carbocycles. The van der Waals surface area contributed by atoms with Crippen LogP contribution in [-0.4, -0.2) is 34.7 Å². The molecule has 0 saturated carbocycles. The summed E-state index contributed by atoms with van der Waals surface area (Å²) in [5.74, 6) is -0.581. The van der Waals surface area contributed by atoms with Gasteiger partial charge in [0.05, 0.1) is 37.6 Å². The molecule has 0 heterocycles. The van der Waals surface area contributed by atoms with Crippen molar-refractivity contribution in [3.63, 3.8) is 0 Å². The van der Waals surface area contributed by atoms with Crippen molar-refractivity contribution in [2.45, 2.75) is 5.75 Å². The summed E-state index contributed by atoms with van der Waals surface area (Å²) in [7, 11) is -0.291. The van der Waals surface area contributed by atoms with Gasteiger partial charge in [-0.2, -0.15) is 0 Å². The van der Waals surface area contributed by atoms with Gasteiger partial charge in [-0.3, -0.25) is 10.1 Å². The maximum absolute atomic E-state index is 13.0. The Morgan fingerprint density at radius 2 is 1.61 bits per heavy atom. The van der Waals surface area contributed by atoms with E-state index in [4.69, 9.17) is 14.2 Å². The largest absolute Gasteiger partial charge is 0.496 e. The number of rotatable bonds is 8. The standard InChI is InChI=1S/C18H18FNO7S/c1-25-14-8-16(26-2)15(17(9-14)27-3)10-18(20(21)22)28(23,24)11-12-4-6-13(19)7-5-12/h4-10H,11H2,1-3H3. The quantitative estimate of drug-likeness (QED) is 0.486. The molecule has 0 atom stereocenters. The molecule has 150 valence electrons. The molecule has 2 aromatic rings. The second-order valence-electron chi connectivity index (χ2n) is 5.57. The smallest absolute Gasteiger partial charge is 0.360 e. The van der Waals surface area contributed by atoms with E-state index in [-0.39, 0.29) is 22.6 Å². The highest BCUT2D eigenvalue weighted by atomic mass is 32.2. The molecule has 0 saturated heterocycles. The van der Waals surface area contributed by atoms with Crippen LogP contribution in [0.2, 0.25) is 0 Å². The van der Waals surface area contributed by atoms with E-state index >= 15 is 0 Å². The highest BCUT2D eigenvalue weighted by molar-refractivity contribution is 7.94. The van der Waals surface area contributed by atoms with Crippen LogP contribution < -0.4 is 14.2 Å². The molecule has 0 N–H and O–H groups in total. The zero-order valence-electron chi connectivity index (χ0n) is 15.3. The first-order valence-corrected chi connectivity index (χ1v) is 9.50. The molecule has 0 spiro atoms. The summed E-state index contributed by atoms with van der Waals surface area (Å²) in [5.41, 5.74) is 0.281. The zero-order valence-corrected chi connectivity index (χ0v) is 16.2. The Balaban J connectivity index is 2.58. The van der Waals surface area contributed by atoms with Crippen molar-refractivity contribution < 1.29 is 31.9 Å². The Labute approximate surface area is 161 Å². The van der Waals surface area contributed by atoms with Crippen LogP contribution in [-0.2, 0) is 15.6 Å². The number of hydrogen-bond donors (Lipinski definition) is 0. The fourth-order valence-electron chi connectivity index (χ4n) is 2.43. The van der Waals surface area contributed by atoms with Gasteiger partial charge >= 0.3 is 5.03 Å². The fraction of sp³-hybridized carbons (Fsp3) is 0.222. The normalized spacial score (nSPS) is 11.8. The number of benzene rings is 2. The van der Waals surface area contributed by atoms with Gasteiger partial charge in [-0.1, -0.05) is 12.1 Å². The SMILES string of the molecule is COc1cc(OC)c(C=C([N+](=O)[O-])S(=O)(=O)Cc2ccc(F)cc2)c(OC)c1. The summed E-state index contributed by atoms with van der Waals surface area (Å²) in [6, 6.07) is 7.54. The van der Waals surface area contributed by atoms with Crippen LogP contribution in [0.4, 0.5) is 4.39 Å². The van der Waals surface area contributed by atoms with Gasteiger partial charge in [-0.25, -0.2) is 12.8 Å². The predicted octanol–water partition coefficient (Wildman–Crippen LogP) is 3.04. The topological polar surface area (TPSA) is 105 Å². The molecule has 0 unspecified atom stereocenters. The van der Waals surface area contributed by atoms with Crippen LogP contribution in [0.3, 0.4) is 0 Å². The number of nitro groups is 1. The molecule has 0 bridgehead atoms. The van der Waals surface area contributed by atoms with Crippen LogP contribution in [0.5, 0.6) is 17.2 Å². The molecule has 2 rings (SSSR count). The number of ether oxygens (including phenoxy) is 3. The van der Waals surface area contributed by atoms with Crippen LogP contribution in [0.25, 0.3) is 6.08 Å². The van der Waals surface area contributed by atoms with Crippen LogP contribution in [0, 0.1) is 15.9 Å². The third kappa shape index (κ3) is 4.77. The highest BCUT2D eigenvalue weighted by Crippen LogP contribution is 2.36. The minimum absolute atomic E-state index is 0.0696. The lowest BCUT2D eigenvalue weighted by molar-refractivity contribution is -0.410. The monoisotopic (exact) mass is 411 g/mol. The first-order valence-electron chi connectivity index (χ1n) is 7.85. The molecule has 0 aliphatic heterocycles. The van der Waals surface area contributed by atoms with Gasteiger partial charge < -0.3 is 14.2 Å². The average Bonchev–Trinajstić information content (AvgIpc) is 2.66. The third-order valence-corrected chi connectivity index (χ3v) is 5.41. The Hall–Kier alpha value is -3.14. The molecular weight excluding hydrogens is 393 g/mol. The second kappa shape index (κ2) is 8.70. The molecular formula is C18H18FNO7S. The van der Waals surface area contributed by atoms with Gasteiger partial charge in [0.2, 0.25) is 9.84 Å². The minimum atomic E-state index is -4.35. The van der Waals surface area contributed by atoms with Crippen LogP contribution >= 0.6 is 0 Å². The molecule has 0 radical (unpaired) electrons. The van der Waals surface area contributed by atoms with Crippen molar-refractivity contribution in [2.75, 3.05) is 21.3 Å². The maximum atomic E-state index is 13.0. The van der Waals surface area contributed by atoms with Crippen molar-refractivity contribution in [2.24, 2.45) is 0 Å². The van der Waals surface area contributed by atoms with Crippen LogP contribution in [0.1, 0.15) is 11.1 Å². The second-order valence-corrected chi connectivity index (χ2v) is 7.51. The predicted molar refractivity (Wildman–Crippen MR) is 100 cm³/mol. The first kappa shape index (κ1) is 21.2. The molecule has 0 aromatic heterocycles. The van der Waals surface area contributed by atoms with Gasteiger partial charge in [0, 0.05) is 18.2 Å². The van der Waals surface area contributed by atoms with E-state index in [0.29, 0.717) is 5.75 Å². The molecule has 8 nitrogen and oxygen atoms in total. The van der Waals surface area contributed by atoms with E-state index in [9.17, 15) is 22.9 Å². The van der Waals surface area contributed by atoms with E-state index in [0.717, 1.165) is 18.2 Å². The van der Waals surface area contributed by atoms with Crippen molar-refractivity contribution in [1.82, 2.24) is 0 Å². The number of methoxy groups -OCH3 is 3. The van der Waals surface area contributed by atoms with Gasteiger partial charge in [0.1, 0.15) is 23.1 Å². The Morgan fingerprint density at radius 1 is 1.07 bits per heavy atom. The van der Waals surface area contributed by atoms with Crippen molar-refractivity contribution in [1.29, 1.82) is 0 Å². The van der Waals surface area contributed by atoms with E-state index in [2.05, 4.69) is 0 Å². The zero-order chi connectivity index (χ0) is 20.9. The lowest BCUT2D eigenvalue weighted by Gasteiger charge is -2.12. The number of nitrogens with zero attached hydrogens (tertiary/aromatic N) is 1. The Kier molecular flexibility index (Phi) is 6.57. The summed E-state index contributed by atoms with van der Waals surface area (Å²) >= 11 is 0. The Bertz CT molecular complexity index is 976.